The number of hydrogen-bond acceptors (Lipinski definition) is 3. The van der Waals surface area contributed by atoms with Crippen LogP contribution in [0.15, 0.2) is 41.1 Å². The third kappa shape index (κ3) is 4.65. The molecule has 0 N–H and O–H groups in total. The second-order valence-corrected chi connectivity index (χ2v) is 3.69. The van der Waals surface area contributed by atoms with Crippen LogP contribution in [0.5, 0.6) is 0 Å². The van der Waals surface area contributed by atoms with Crippen molar-refractivity contribution in [1.29, 1.82) is 0 Å². The molecule has 0 amide bonds. The van der Waals surface area contributed by atoms with Gasteiger partial charge >= 0.3 is 5.97 Å². The first-order valence-corrected chi connectivity index (χ1v) is 5.12. The van der Waals surface area contributed by atoms with E-state index in [1.807, 2.05) is 24.3 Å². The van der Waals surface area contributed by atoms with Crippen LogP contribution in [0.4, 0.5) is 0 Å². The number of ether oxygens (including phenoxy) is 2. The largest absolute Gasteiger partial charge is 0.504 e. The fraction of sp³-hybridized carbons (Fsp3) is 0.182. The third-order valence-electron chi connectivity index (χ3n) is 1.63. The van der Waals surface area contributed by atoms with E-state index in [1.165, 1.54) is 19.4 Å². The summed E-state index contributed by atoms with van der Waals surface area (Å²) in [4.78, 5) is 11.0. The van der Waals surface area contributed by atoms with Gasteiger partial charge in [-0.2, -0.15) is 0 Å². The minimum atomic E-state index is -0.417. The molecule has 80 valence electrons. The van der Waals surface area contributed by atoms with Gasteiger partial charge in [0.15, 0.2) is 0 Å². The lowest BCUT2D eigenvalue weighted by atomic mass is 10.2. The average Bonchev–Trinajstić information content (AvgIpc) is 2.25. The molecule has 0 heterocycles. The van der Waals surface area contributed by atoms with Crippen LogP contribution in [0.3, 0.4) is 0 Å². The summed E-state index contributed by atoms with van der Waals surface area (Å²) in [5.41, 5.74) is 0.942. The van der Waals surface area contributed by atoms with Crippen molar-refractivity contribution in [2.24, 2.45) is 0 Å². The molecule has 1 rings (SSSR count). The molecule has 4 heteroatoms. The van der Waals surface area contributed by atoms with Gasteiger partial charge in [0.2, 0.25) is 0 Å². The van der Waals surface area contributed by atoms with E-state index in [2.05, 4.69) is 20.7 Å². The number of benzene rings is 1. The molecule has 3 nitrogen and oxygen atoms in total. The number of rotatable bonds is 4. The molecular formula is C11H11BrO3. The summed E-state index contributed by atoms with van der Waals surface area (Å²) in [7, 11) is 1.47. The molecule has 0 saturated carbocycles. The number of hydrogen-bond donors (Lipinski definition) is 0. The van der Waals surface area contributed by atoms with E-state index in [1.54, 1.807) is 0 Å². The summed E-state index contributed by atoms with van der Waals surface area (Å²) in [6.07, 6.45) is 2.52. The van der Waals surface area contributed by atoms with Crippen molar-refractivity contribution in [3.8, 4) is 0 Å². The van der Waals surface area contributed by atoms with Crippen molar-refractivity contribution in [2.75, 3.05) is 7.11 Å². The minimum Gasteiger partial charge on any atom is -0.504 e. The molecule has 0 fully saturated rings. The summed E-state index contributed by atoms with van der Waals surface area (Å²) >= 11 is 3.32. The van der Waals surface area contributed by atoms with Gasteiger partial charge in [0, 0.05) is 4.47 Å². The van der Waals surface area contributed by atoms with Crippen LogP contribution in [-0.2, 0) is 20.9 Å². The highest BCUT2D eigenvalue weighted by Crippen LogP contribution is 2.11. The van der Waals surface area contributed by atoms with Crippen molar-refractivity contribution < 1.29 is 14.3 Å². The number of carbonyl (C=O) groups excluding carboxylic acids is 1. The Balaban J connectivity index is 2.40. The zero-order valence-corrected chi connectivity index (χ0v) is 9.86. The normalized spacial score (nSPS) is 10.3. The predicted octanol–water partition coefficient (Wildman–Crippen LogP) is 2.65. The third-order valence-corrected chi connectivity index (χ3v) is 2.16. The first kappa shape index (κ1) is 11.8. The maximum Gasteiger partial charge on any atom is 0.334 e. The van der Waals surface area contributed by atoms with Crippen LogP contribution in [-0.4, -0.2) is 13.1 Å². The molecule has 0 saturated heterocycles. The summed E-state index contributed by atoms with van der Waals surface area (Å²) in [5.74, 6) is -0.417. The Morgan fingerprint density at radius 3 is 2.67 bits per heavy atom. The Hall–Kier alpha value is -1.29. The molecule has 15 heavy (non-hydrogen) atoms. The molecule has 1 aromatic carbocycles. The first-order chi connectivity index (χ1) is 7.22. The van der Waals surface area contributed by atoms with Gasteiger partial charge in [-0.1, -0.05) is 28.1 Å². The average molecular weight is 271 g/mol. The highest BCUT2D eigenvalue weighted by atomic mass is 79.9. The molecule has 0 spiro atoms. The summed E-state index contributed by atoms with van der Waals surface area (Å²) < 4.78 is 10.5. The fourth-order valence-corrected chi connectivity index (χ4v) is 1.17. The Bertz CT molecular complexity index is 343. The number of esters is 1. The molecule has 0 aliphatic rings. The standard InChI is InChI=1S/C11H11BrO3/c1-14-7-6-11(13)15-8-9-2-4-10(12)5-3-9/h2-7H,8H2,1H3/b7-6+. The predicted molar refractivity (Wildman–Crippen MR) is 60.1 cm³/mol. The molecule has 0 bridgehead atoms. The van der Waals surface area contributed by atoms with Crippen molar-refractivity contribution in [3.63, 3.8) is 0 Å². The van der Waals surface area contributed by atoms with Crippen LogP contribution in [0.2, 0.25) is 0 Å². The van der Waals surface area contributed by atoms with E-state index in [0.29, 0.717) is 0 Å². The lowest BCUT2D eigenvalue weighted by molar-refractivity contribution is -0.139. The second kappa shape index (κ2) is 6.24. The Kier molecular flexibility index (Phi) is 4.90. The van der Waals surface area contributed by atoms with Crippen LogP contribution >= 0.6 is 15.9 Å². The number of halogens is 1. The van der Waals surface area contributed by atoms with Crippen molar-refractivity contribution >= 4 is 21.9 Å². The number of methoxy groups -OCH3 is 1. The SMILES string of the molecule is CO/C=C/C(=O)OCc1ccc(Br)cc1. The monoisotopic (exact) mass is 270 g/mol. The van der Waals surface area contributed by atoms with Gasteiger partial charge in [-0.3, -0.25) is 0 Å². The molecule has 1 aromatic rings. The molecule has 0 radical (unpaired) electrons. The summed E-state index contributed by atoms with van der Waals surface area (Å²) in [6.45, 7) is 0.264. The lowest BCUT2D eigenvalue weighted by Gasteiger charge is -2.01. The van der Waals surface area contributed by atoms with E-state index < -0.39 is 5.97 Å². The molecule has 0 unspecified atom stereocenters. The van der Waals surface area contributed by atoms with Gasteiger partial charge in [0.05, 0.1) is 19.4 Å². The van der Waals surface area contributed by atoms with Gasteiger partial charge in [0.25, 0.3) is 0 Å². The topological polar surface area (TPSA) is 35.5 Å². The summed E-state index contributed by atoms with van der Waals surface area (Å²) in [5, 5.41) is 0. The van der Waals surface area contributed by atoms with Crippen molar-refractivity contribution in [3.05, 3.63) is 46.6 Å². The Morgan fingerprint density at radius 1 is 1.40 bits per heavy atom. The van der Waals surface area contributed by atoms with Gasteiger partial charge in [-0.15, -0.1) is 0 Å². The lowest BCUT2D eigenvalue weighted by Crippen LogP contribution is -2.00. The minimum absolute atomic E-state index is 0.264. The zero-order chi connectivity index (χ0) is 11.1. The quantitative estimate of drug-likeness (QED) is 0.480. The molecule has 0 aromatic heterocycles. The van der Waals surface area contributed by atoms with Crippen molar-refractivity contribution in [1.82, 2.24) is 0 Å². The van der Waals surface area contributed by atoms with E-state index in [4.69, 9.17) is 4.74 Å². The maximum atomic E-state index is 11.0. The first-order valence-electron chi connectivity index (χ1n) is 4.33. The molecule has 0 aliphatic heterocycles. The Morgan fingerprint density at radius 2 is 2.07 bits per heavy atom. The van der Waals surface area contributed by atoms with Gasteiger partial charge in [-0.25, -0.2) is 4.79 Å². The molecule has 0 atom stereocenters. The summed E-state index contributed by atoms with van der Waals surface area (Å²) in [6, 6.07) is 7.57. The van der Waals surface area contributed by atoms with Gasteiger partial charge in [0.1, 0.15) is 6.61 Å². The molecular weight excluding hydrogens is 260 g/mol. The van der Waals surface area contributed by atoms with Crippen LogP contribution in [0, 0.1) is 0 Å². The second-order valence-electron chi connectivity index (χ2n) is 2.77. The van der Waals surface area contributed by atoms with E-state index in [9.17, 15) is 4.79 Å². The van der Waals surface area contributed by atoms with E-state index in [0.717, 1.165) is 10.0 Å². The van der Waals surface area contributed by atoms with Crippen LogP contribution < -0.4 is 0 Å². The van der Waals surface area contributed by atoms with Gasteiger partial charge in [-0.05, 0) is 17.7 Å². The van der Waals surface area contributed by atoms with Gasteiger partial charge < -0.3 is 9.47 Å². The zero-order valence-electron chi connectivity index (χ0n) is 8.27. The fourth-order valence-electron chi connectivity index (χ4n) is 0.907. The van der Waals surface area contributed by atoms with Crippen LogP contribution in [0.1, 0.15) is 5.56 Å². The van der Waals surface area contributed by atoms with Crippen molar-refractivity contribution in [2.45, 2.75) is 6.61 Å². The molecule has 0 aliphatic carbocycles. The maximum absolute atomic E-state index is 11.0. The Labute approximate surface area is 96.8 Å². The highest BCUT2D eigenvalue weighted by Gasteiger charge is 1.98. The smallest absolute Gasteiger partial charge is 0.334 e. The van der Waals surface area contributed by atoms with E-state index >= 15 is 0 Å². The highest BCUT2D eigenvalue weighted by molar-refractivity contribution is 9.10. The number of carbonyl (C=O) groups is 1. The van der Waals surface area contributed by atoms with E-state index in [-0.39, 0.29) is 6.61 Å². The van der Waals surface area contributed by atoms with Crippen LogP contribution in [0.25, 0.3) is 0 Å².